The molecule has 0 spiro atoms. The Balaban J connectivity index is 0.00000112. The number of ether oxygens (including phenoxy) is 2. The molecule has 14 heteroatoms. The van der Waals surface area contributed by atoms with Gasteiger partial charge in [0.25, 0.3) is 6.47 Å². The van der Waals surface area contributed by atoms with Crippen molar-refractivity contribution in [3.8, 4) is 0 Å². The number of rotatable bonds is 9. The molecule has 3 aromatic rings. The summed E-state index contributed by atoms with van der Waals surface area (Å²) in [5, 5.41) is 39.5. The highest BCUT2D eigenvalue weighted by Gasteiger charge is 2.47. The fourth-order valence-electron chi connectivity index (χ4n) is 4.73. The van der Waals surface area contributed by atoms with Gasteiger partial charge in [-0.05, 0) is 32.1 Å². The van der Waals surface area contributed by atoms with Crippen LogP contribution in [0.4, 0.5) is 11.8 Å². The Bertz CT molecular complexity index is 1210. The van der Waals surface area contributed by atoms with Crippen LogP contribution in [-0.2, 0) is 20.7 Å². The molecule has 0 radical (unpaired) electrons. The first kappa shape index (κ1) is 28.7. The van der Waals surface area contributed by atoms with Crippen molar-refractivity contribution in [3.63, 3.8) is 0 Å². The third kappa shape index (κ3) is 6.30. The first-order valence-corrected chi connectivity index (χ1v) is 13.3. The highest BCUT2D eigenvalue weighted by molar-refractivity contribution is 5.84. The average Bonchev–Trinajstić information content (AvgIpc) is 3.66. The molecule has 0 bridgehead atoms. The molecule has 0 saturated carbocycles. The van der Waals surface area contributed by atoms with Gasteiger partial charge >= 0.3 is 0 Å². The van der Waals surface area contributed by atoms with Crippen molar-refractivity contribution >= 4 is 29.4 Å². The summed E-state index contributed by atoms with van der Waals surface area (Å²) in [6.07, 6.45) is 1.65. The van der Waals surface area contributed by atoms with Gasteiger partial charge in [-0.15, -0.1) is 0 Å². The standard InChI is InChI=1S/C24H35N7O5.CH2O2/c1-4-13(5-2)26-21-17-22(29-24(28-21)27-15-7-9-34-10-8-15)31(12-25-17)23-19(33)18(32)20(35-23)16-11-14(6-3)30-36-16;2-1-3/h11-13,15,18-20,23,32-33H,4-10H2,1-3H3,(H2,26,27,28,29);1H,(H,2,3)/t18-,19+,20+,23+;/m0./s1. The van der Waals surface area contributed by atoms with Gasteiger partial charge in [-0.2, -0.15) is 9.97 Å². The van der Waals surface area contributed by atoms with Gasteiger partial charge in [0.1, 0.15) is 18.3 Å². The number of nitrogens with zero attached hydrogens (tertiary/aromatic N) is 5. The predicted octanol–water partition coefficient (Wildman–Crippen LogP) is 2.26. The van der Waals surface area contributed by atoms with Crippen LogP contribution >= 0.6 is 0 Å². The van der Waals surface area contributed by atoms with Crippen molar-refractivity contribution in [2.75, 3.05) is 23.8 Å². The van der Waals surface area contributed by atoms with Crippen LogP contribution in [0.2, 0.25) is 0 Å². The number of anilines is 2. The number of aliphatic hydroxyl groups excluding tert-OH is 2. The Hall–Kier alpha value is -3.33. The molecule has 39 heavy (non-hydrogen) atoms. The molecule has 0 aromatic carbocycles. The Morgan fingerprint density at radius 1 is 1.15 bits per heavy atom. The molecule has 5 N–H and O–H groups in total. The lowest BCUT2D eigenvalue weighted by molar-refractivity contribution is -0.122. The van der Waals surface area contributed by atoms with Gasteiger partial charge in [0.2, 0.25) is 5.95 Å². The van der Waals surface area contributed by atoms with Crippen LogP contribution in [0, 0.1) is 0 Å². The third-order valence-electron chi connectivity index (χ3n) is 7.03. The van der Waals surface area contributed by atoms with Crippen LogP contribution in [0.1, 0.15) is 70.2 Å². The molecule has 5 heterocycles. The topological polar surface area (TPSA) is 190 Å². The second kappa shape index (κ2) is 13.2. The van der Waals surface area contributed by atoms with Crippen LogP contribution in [0.25, 0.3) is 11.2 Å². The molecule has 5 rings (SSSR count). The van der Waals surface area contributed by atoms with Crippen LogP contribution in [-0.4, -0.2) is 84.0 Å². The summed E-state index contributed by atoms with van der Waals surface area (Å²) in [6.45, 7) is 7.34. The molecule has 0 amide bonds. The average molecular weight is 548 g/mol. The molecule has 2 fully saturated rings. The fraction of sp³-hybridized carbons (Fsp3) is 0.640. The zero-order valence-electron chi connectivity index (χ0n) is 22.4. The number of hydrogen-bond acceptors (Lipinski definition) is 12. The first-order chi connectivity index (χ1) is 18.9. The van der Waals surface area contributed by atoms with E-state index in [1.807, 2.05) is 6.92 Å². The quantitative estimate of drug-likeness (QED) is 0.245. The zero-order valence-corrected chi connectivity index (χ0v) is 22.4. The highest BCUT2D eigenvalue weighted by Crippen LogP contribution is 2.40. The number of nitrogens with one attached hydrogen (secondary N) is 2. The largest absolute Gasteiger partial charge is 0.483 e. The number of aromatic nitrogens is 5. The van der Waals surface area contributed by atoms with Crippen LogP contribution in [0.5, 0.6) is 0 Å². The highest BCUT2D eigenvalue weighted by atomic mass is 16.6. The second-order valence-corrected chi connectivity index (χ2v) is 9.52. The van der Waals surface area contributed by atoms with Crippen molar-refractivity contribution in [3.05, 3.63) is 23.8 Å². The Labute approximate surface area is 225 Å². The van der Waals surface area contributed by atoms with E-state index in [1.54, 1.807) is 17.0 Å². The number of aryl methyl sites for hydroxylation is 1. The number of hydrogen-bond donors (Lipinski definition) is 5. The minimum absolute atomic E-state index is 0.201. The van der Waals surface area contributed by atoms with E-state index in [2.05, 4.69) is 34.6 Å². The summed E-state index contributed by atoms with van der Waals surface area (Å²) in [5.74, 6) is 1.46. The molecule has 214 valence electrons. The Morgan fingerprint density at radius 3 is 2.51 bits per heavy atom. The molecule has 3 aromatic heterocycles. The van der Waals surface area contributed by atoms with Crippen molar-refractivity contribution < 1.29 is 34.1 Å². The first-order valence-electron chi connectivity index (χ1n) is 13.3. The van der Waals surface area contributed by atoms with E-state index >= 15 is 0 Å². The number of aliphatic hydroxyl groups is 2. The maximum atomic E-state index is 10.9. The summed E-state index contributed by atoms with van der Waals surface area (Å²) >= 11 is 0. The van der Waals surface area contributed by atoms with E-state index in [4.69, 9.17) is 33.9 Å². The van der Waals surface area contributed by atoms with Gasteiger partial charge in [0, 0.05) is 31.4 Å². The number of carboxylic acid groups (broad SMARTS) is 1. The molecule has 0 unspecified atom stereocenters. The van der Waals surface area contributed by atoms with E-state index in [9.17, 15) is 10.2 Å². The van der Waals surface area contributed by atoms with Crippen molar-refractivity contribution in [2.24, 2.45) is 0 Å². The number of fused-ring (bicyclic) bond motifs is 1. The zero-order chi connectivity index (χ0) is 27.9. The molecule has 4 atom stereocenters. The molecule has 2 aliphatic rings. The van der Waals surface area contributed by atoms with E-state index < -0.39 is 24.5 Å². The molecular formula is C25H37N7O7. The van der Waals surface area contributed by atoms with Gasteiger partial charge < -0.3 is 39.9 Å². The van der Waals surface area contributed by atoms with Crippen molar-refractivity contribution in [2.45, 2.75) is 89.5 Å². The smallest absolute Gasteiger partial charge is 0.290 e. The van der Waals surface area contributed by atoms with E-state index in [1.165, 1.54) is 0 Å². The normalized spacial score (nSPS) is 23.5. The van der Waals surface area contributed by atoms with Crippen LogP contribution in [0.3, 0.4) is 0 Å². The predicted molar refractivity (Wildman–Crippen MR) is 140 cm³/mol. The summed E-state index contributed by atoms with van der Waals surface area (Å²) in [4.78, 5) is 22.4. The fourth-order valence-corrected chi connectivity index (χ4v) is 4.73. The maximum absolute atomic E-state index is 10.9. The van der Waals surface area contributed by atoms with E-state index in [0.29, 0.717) is 48.3 Å². The SMILES string of the molecule is CCc1cc([C@H]2O[C@@H](n3cnc4c(NC(CC)CC)nc(NC5CCOCC5)nc43)[C@H](O)[C@@H]2O)on1.O=CO. The van der Waals surface area contributed by atoms with Crippen molar-refractivity contribution in [1.29, 1.82) is 0 Å². The summed E-state index contributed by atoms with van der Waals surface area (Å²) in [7, 11) is 0. The number of carbonyl (C=O) groups is 1. The summed E-state index contributed by atoms with van der Waals surface area (Å²) < 4.78 is 18.6. The van der Waals surface area contributed by atoms with Gasteiger partial charge in [-0.3, -0.25) is 9.36 Å². The minimum Gasteiger partial charge on any atom is -0.483 e. The van der Waals surface area contributed by atoms with Crippen LogP contribution < -0.4 is 10.6 Å². The molecule has 0 aliphatic carbocycles. The molecule has 2 aliphatic heterocycles. The lowest BCUT2D eigenvalue weighted by atomic mass is 10.1. The summed E-state index contributed by atoms with van der Waals surface area (Å²) in [6, 6.07) is 2.17. The van der Waals surface area contributed by atoms with Crippen molar-refractivity contribution in [1.82, 2.24) is 24.7 Å². The molecular weight excluding hydrogens is 510 g/mol. The van der Waals surface area contributed by atoms with Gasteiger partial charge in [-0.1, -0.05) is 25.9 Å². The molecule has 14 nitrogen and oxygen atoms in total. The van der Waals surface area contributed by atoms with Gasteiger partial charge in [0.15, 0.2) is 29.0 Å². The molecule has 2 saturated heterocycles. The minimum atomic E-state index is -1.22. The second-order valence-electron chi connectivity index (χ2n) is 9.52. The third-order valence-corrected chi connectivity index (χ3v) is 7.03. The Kier molecular flexibility index (Phi) is 9.67. The van der Waals surface area contributed by atoms with E-state index in [0.717, 1.165) is 31.4 Å². The maximum Gasteiger partial charge on any atom is 0.290 e. The van der Waals surface area contributed by atoms with Crippen LogP contribution in [0.15, 0.2) is 16.9 Å². The van der Waals surface area contributed by atoms with E-state index in [-0.39, 0.29) is 18.6 Å². The summed E-state index contributed by atoms with van der Waals surface area (Å²) in [5.41, 5.74) is 1.82. The van der Waals surface area contributed by atoms with Gasteiger partial charge in [0.05, 0.1) is 12.0 Å². The Morgan fingerprint density at radius 2 is 1.87 bits per heavy atom. The lowest BCUT2D eigenvalue weighted by Crippen LogP contribution is -2.30. The lowest BCUT2D eigenvalue weighted by Gasteiger charge is -2.24. The number of imidazole rings is 1. The monoisotopic (exact) mass is 547 g/mol. The van der Waals surface area contributed by atoms with Gasteiger partial charge in [-0.25, -0.2) is 4.98 Å².